The summed E-state index contributed by atoms with van der Waals surface area (Å²) in [6.45, 7) is 10.8. The Balaban J connectivity index is 2.56. The van der Waals surface area contributed by atoms with E-state index < -0.39 is 0 Å². The van der Waals surface area contributed by atoms with Gasteiger partial charge in [-0.1, -0.05) is 13.8 Å². The molecule has 0 aliphatic carbocycles. The molecule has 0 radical (unpaired) electrons. The number of aromatic nitrogens is 2. The smallest absolute Gasteiger partial charge is 0.111 e. The zero-order chi connectivity index (χ0) is 11.3. The summed E-state index contributed by atoms with van der Waals surface area (Å²) in [6, 6.07) is 0.562. The number of nitrogens with zero attached hydrogens (tertiary/aromatic N) is 2. The van der Waals surface area contributed by atoms with Crippen molar-refractivity contribution in [2.24, 2.45) is 0 Å². The van der Waals surface area contributed by atoms with Crippen LogP contribution in [0.25, 0.3) is 0 Å². The van der Waals surface area contributed by atoms with E-state index in [1.807, 2.05) is 6.20 Å². The zero-order valence-corrected chi connectivity index (χ0v) is 10.3. The van der Waals surface area contributed by atoms with E-state index in [2.05, 4.69) is 48.8 Å². The molecule has 2 unspecified atom stereocenters. The SMILES string of the molecule is CCNC(C)CC(C)c1nccn1CC. The van der Waals surface area contributed by atoms with Gasteiger partial charge >= 0.3 is 0 Å². The normalized spacial score (nSPS) is 15.2. The molecular weight excluding hydrogens is 186 g/mol. The fourth-order valence-electron chi connectivity index (χ4n) is 2.09. The Kier molecular flexibility index (Phi) is 4.82. The fraction of sp³-hybridized carbons (Fsp3) is 0.750. The summed E-state index contributed by atoms with van der Waals surface area (Å²) in [4.78, 5) is 4.44. The van der Waals surface area contributed by atoms with E-state index in [1.165, 1.54) is 5.82 Å². The number of hydrogen-bond acceptors (Lipinski definition) is 2. The number of hydrogen-bond donors (Lipinski definition) is 1. The molecule has 3 heteroatoms. The van der Waals surface area contributed by atoms with Crippen LogP contribution in [0.15, 0.2) is 12.4 Å². The standard InChI is InChI=1S/C12H23N3/c1-5-13-11(4)9-10(3)12-14-7-8-15(12)6-2/h7-8,10-11,13H,5-6,9H2,1-4H3. The molecule has 1 rings (SSSR count). The maximum atomic E-state index is 4.44. The van der Waals surface area contributed by atoms with Crippen LogP contribution in [-0.4, -0.2) is 22.1 Å². The summed E-state index contributed by atoms with van der Waals surface area (Å²) in [5.74, 6) is 1.73. The highest BCUT2D eigenvalue weighted by Crippen LogP contribution is 2.18. The summed E-state index contributed by atoms with van der Waals surface area (Å²) in [6.07, 6.45) is 5.10. The van der Waals surface area contributed by atoms with E-state index in [1.54, 1.807) is 0 Å². The van der Waals surface area contributed by atoms with Gasteiger partial charge in [0.1, 0.15) is 5.82 Å². The quantitative estimate of drug-likeness (QED) is 0.779. The van der Waals surface area contributed by atoms with Crippen LogP contribution < -0.4 is 5.32 Å². The van der Waals surface area contributed by atoms with Crippen LogP contribution in [0.5, 0.6) is 0 Å². The summed E-state index contributed by atoms with van der Waals surface area (Å²) >= 11 is 0. The van der Waals surface area contributed by atoms with Crippen molar-refractivity contribution in [1.82, 2.24) is 14.9 Å². The van der Waals surface area contributed by atoms with Crippen molar-refractivity contribution in [2.45, 2.75) is 52.6 Å². The predicted molar refractivity (Wildman–Crippen MR) is 64.1 cm³/mol. The minimum absolute atomic E-state index is 0.522. The topological polar surface area (TPSA) is 29.9 Å². The van der Waals surface area contributed by atoms with Gasteiger partial charge in [0.2, 0.25) is 0 Å². The van der Waals surface area contributed by atoms with E-state index >= 15 is 0 Å². The van der Waals surface area contributed by atoms with Gasteiger partial charge in [-0.2, -0.15) is 0 Å². The molecule has 0 bridgehead atoms. The first-order valence-corrected chi connectivity index (χ1v) is 5.93. The van der Waals surface area contributed by atoms with E-state index in [4.69, 9.17) is 0 Å². The molecule has 1 heterocycles. The molecule has 0 aliphatic rings. The first-order chi connectivity index (χ1) is 7.19. The van der Waals surface area contributed by atoms with Crippen molar-refractivity contribution in [3.05, 3.63) is 18.2 Å². The maximum Gasteiger partial charge on any atom is 0.111 e. The Morgan fingerprint density at radius 1 is 1.40 bits per heavy atom. The third-order valence-electron chi connectivity index (χ3n) is 2.79. The number of aryl methyl sites for hydroxylation is 1. The van der Waals surface area contributed by atoms with Crippen LogP contribution >= 0.6 is 0 Å². The molecule has 0 amide bonds. The average Bonchev–Trinajstić information content (AvgIpc) is 2.65. The van der Waals surface area contributed by atoms with Crippen molar-refractivity contribution in [3.63, 3.8) is 0 Å². The van der Waals surface area contributed by atoms with Crippen molar-refractivity contribution < 1.29 is 0 Å². The molecular formula is C12H23N3. The molecule has 0 aromatic carbocycles. The second-order valence-corrected chi connectivity index (χ2v) is 4.17. The lowest BCUT2D eigenvalue weighted by Gasteiger charge is -2.18. The van der Waals surface area contributed by atoms with Crippen molar-refractivity contribution in [3.8, 4) is 0 Å². The molecule has 15 heavy (non-hydrogen) atoms. The van der Waals surface area contributed by atoms with Crippen molar-refractivity contribution in [2.75, 3.05) is 6.54 Å². The average molecular weight is 209 g/mol. The third kappa shape index (κ3) is 3.34. The van der Waals surface area contributed by atoms with Gasteiger partial charge in [-0.05, 0) is 26.8 Å². The van der Waals surface area contributed by atoms with Gasteiger partial charge in [0.05, 0.1) is 0 Å². The first kappa shape index (κ1) is 12.2. The summed E-state index contributed by atoms with van der Waals surface area (Å²) in [5.41, 5.74) is 0. The molecule has 0 fully saturated rings. The van der Waals surface area contributed by atoms with Gasteiger partial charge in [0.15, 0.2) is 0 Å². The van der Waals surface area contributed by atoms with Crippen LogP contribution in [0.3, 0.4) is 0 Å². The highest BCUT2D eigenvalue weighted by molar-refractivity contribution is 4.99. The van der Waals surface area contributed by atoms with Crippen LogP contribution in [0.4, 0.5) is 0 Å². The van der Waals surface area contributed by atoms with Gasteiger partial charge in [-0.15, -0.1) is 0 Å². The highest BCUT2D eigenvalue weighted by atomic mass is 15.1. The first-order valence-electron chi connectivity index (χ1n) is 5.93. The second kappa shape index (κ2) is 5.91. The molecule has 86 valence electrons. The highest BCUT2D eigenvalue weighted by Gasteiger charge is 2.14. The Bertz CT molecular complexity index is 280. The van der Waals surface area contributed by atoms with E-state index in [0.29, 0.717) is 12.0 Å². The Morgan fingerprint density at radius 2 is 2.13 bits per heavy atom. The molecule has 0 spiro atoms. The summed E-state index contributed by atoms with van der Waals surface area (Å²) < 4.78 is 2.23. The summed E-state index contributed by atoms with van der Waals surface area (Å²) in [7, 11) is 0. The van der Waals surface area contributed by atoms with Gasteiger partial charge in [0, 0.05) is 30.9 Å². The molecule has 1 aromatic rings. The fourth-order valence-corrected chi connectivity index (χ4v) is 2.09. The van der Waals surface area contributed by atoms with Gasteiger partial charge in [-0.25, -0.2) is 4.98 Å². The Hall–Kier alpha value is -0.830. The monoisotopic (exact) mass is 209 g/mol. The molecule has 1 aromatic heterocycles. The van der Waals surface area contributed by atoms with E-state index in [-0.39, 0.29) is 0 Å². The van der Waals surface area contributed by atoms with Crippen LogP contribution in [-0.2, 0) is 6.54 Å². The predicted octanol–water partition coefficient (Wildman–Crippen LogP) is 2.39. The van der Waals surface area contributed by atoms with Crippen LogP contribution in [0.2, 0.25) is 0 Å². The lowest BCUT2D eigenvalue weighted by atomic mass is 10.0. The lowest BCUT2D eigenvalue weighted by Crippen LogP contribution is -2.27. The number of nitrogens with one attached hydrogen (secondary N) is 1. The van der Waals surface area contributed by atoms with E-state index in [9.17, 15) is 0 Å². The minimum atomic E-state index is 0.522. The van der Waals surface area contributed by atoms with Gasteiger partial charge < -0.3 is 9.88 Å². The molecule has 0 saturated carbocycles. The molecule has 3 nitrogen and oxygen atoms in total. The molecule has 0 aliphatic heterocycles. The van der Waals surface area contributed by atoms with Gasteiger partial charge in [-0.3, -0.25) is 0 Å². The summed E-state index contributed by atoms with van der Waals surface area (Å²) in [5, 5.41) is 3.44. The largest absolute Gasteiger partial charge is 0.335 e. The third-order valence-corrected chi connectivity index (χ3v) is 2.79. The molecule has 2 atom stereocenters. The van der Waals surface area contributed by atoms with Crippen LogP contribution in [0, 0.1) is 0 Å². The van der Waals surface area contributed by atoms with E-state index in [0.717, 1.165) is 19.5 Å². The van der Waals surface area contributed by atoms with Crippen molar-refractivity contribution in [1.29, 1.82) is 0 Å². The number of rotatable bonds is 6. The second-order valence-electron chi connectivity index (χ2n) is 4.17. The Morgan fingerprint density at radius 3 is 2.73 bits per heavy atom. The minimum Gasteiger partial charge on any atom is -0.335 e. The van der Waals surface area contributed by atoms with Gasteiger partial charge in [0.25, 0.3) is 0 Å². The Labute approximate surface area is 92.9 Å². The maximum absolute atomic E-state index is 4.44. The lowest BCUT2D eigenvalue weighted by molar-refractivity contribution is 0.470. The molecule has 0 saturated heterocycles. The zero-order valence-electron chi connectivity index (χ0n) is 10.3. The molecule has 1 N–H and O–H groups in total. The van der Waals surface area contributed by atoms with Crippen molar-refractivity contribution >= 4 is 0 Å². The van der Waals surface area contributed by atoms with Crippen LogP contribution in [0.1, 0.15) is 45.9 Å². The number of imidazole rings is 1.